The fourth-order valence-corrected chi connectivity index (χ4v) is 5.58. The van der Waals surface area contributed by atoms with E-state index < -0.39 is 5.60 Å². The van der Waals surface area contributed by atoms with Crippen LogP contribution in [0.15, 0.2) is 42.6 Å². The van der Waals surface area contributed by atoms with Gasteiger partial charge in [-0.3, -0.25) is 9.88 Å². The maximum absolute atomic E-state index is 11.5. The second-order valence-corrected chi connectivity index (χ2v) is 8.88. The highest BCUT2D eigenvalue weighted by molar-refractivity contribution is 5.85. The zero-order valence-electron chi connectivity index (χ0n) is 17.0. The normalized spacial score (nSPS) is 27.6. The molecule has 1 aliphatic heterocycles. The van der Waals surface area contributed by atoms with Crippen molar-refractivity contribution in [3.8, 4) is 0 Å². The van der Waals surface area contributed by atoms with E-state index in [1.165, 1.54) is 22.2 Å². The maximum atomic E-state index is 11.5. The molecule has 2 fully saturated rings. The van der Waals surface area contributed by atoms with Crippen molar-refractivity contribution in [2.75, 3.05) is 13.1 Å². The van der Waals surface area contributed by atoms with Crippen molar-refractivity contribution in [2.45, 2.75) is 38.8 Å². The molecule has 2 aliphatic rings. The van der Waals surface area contributed by atoms with Gasteiger partial charge in [0.15, 0.2) is 0 Å². The van der Waals surface area contributed by atoms with Crippen LogP contribution in [0.5, 0.6) is 0 Å². The van der Waals surface area contributed by atoms with Crippen molar-refractivity contribution >= 4 is 10.9 Å². The molecule has 4 heteroatoms. The van der Waals surface area contributed by atoms with Crippen LogP contribution in [0.4, 0.5) is 0 Å². The van der Waals surface area contributed by atoms with Crippen LogP contribution >= 0.6 is 0 Å². The summed E-state index contributed by atoms with van der Waals surface area (Å²) in [4.78, 5) is 7.13. The van der Waals surface area contributed by atoms with Crippen LogP contribution < -0.4 is 0 Å². The lowest BCUT2D eigenvalue weighted by Crippen LogP contribution is -2.35. The number of benzene rings is 1. The van der Waals surface area contributed by atoms with Crippen molar-refractivity contribution in [3.63, 3.8) is 0 Å². The molecule has 28 heavy (non-hydrogen) atoms. The lowest BCUT2D eigenvalue weighted by Gasteiger charge is -2.30. The second-order valence-electron chi connectivity index (χ2n) is 8.88. The first-order valence-corrected chi connectivity index (χ1v) is 10.4. The van der Waals surface area contributed by atoms with Crippen LogP contribution in [-0.2, 0) is 19.2 Å². The Hall–Kier alpha value is -2.17. The smallest absolute Gasteiger partial charge is 0.111 e. The molecule has 3 atom stereocenters. The minimum Gasteiger partial charge on any atom is -0.383 e. The molecule has 5 rings (SSSR count). The van der Waals surface area contributed by atoms with E-state index >= 15 is 0 Å². The first-order valence-electron chi connectivity index (χ1n) is 10.4. The molecule has 3 aromatic rings. The Morgan fingerprint density at radius 3 is 2.75 bits per heavy atom. The van der Waals surface area contributed by atoms with Gasteiger partial charge in [-0.25, -0.2) is 0 Å². The van der Waals surface area contributed by atoms with E-state index in [1.54, 1.807) is 0 Å². The largest absolute Gasteiger partial charge is 0.383 e. The van der Waals surface area contributed by atoms with Gasteiger partial charge in [-0.05, 0) is 55.9 Å². The van der Waals surface area contributed by atoms with Gasteiger partial charge in [0.05, 0.1) is 5.69 Å². The summed E-state index contributed by atoms with van der Waals surface area (Å²) >= 11 is 0. The van der Waals surface area contributed by atoms with E-state index in [2.05, 4.69) is 58.8 Å². The quantitative estimate of drug-likeness (QED) is 0.754. The van der Waals surface area contributed by atoms with Gasteiger partial charge in [-0.2, -0.15) is 0 Å². The number of aryl methyl sites for hydroxylation is 2. The molecule has 1 saturated heterocycles. The van der Waals surface area contributed by atoms with Crippen molar-refractivity contribution in [3.05, 3.63) is 65.1 Å². The van der Waals surface area contributed by atoms with Crippen LogP contribution in [0.25, 0.3) is 10.9 Å². The molecule has 146 valence electrons. The van der Waals surface area contributed by atoms with Crippen molar-refractivity contribution < 1.29 is 5.11 Å². The number of aliphatic hydroxyl groups is 1. The Labute approximate surface area is 166 Å². The molecule has 0 radical (unpaired) electrons. The molecule has 0 amide bonds. The number of rotatable bonds is 3. The highest BCUT2D eigenvalue weighted by Gasteiger charge is 2.53. The summed E-state index contributed by atoms with van der Waals surface area (Å²) in [5, 5.41) is 12.9. The third-order valence-electron chi connectivity index (χ3n) is 7.29. The number of hydrogen-bond donors (Lipinski definition) is 1. The summed E-state index contributed by atoms with van der Waals surface area (Å²) in [6.07, 6.45) is 3.80. The van der Waals surface area contributed by atoms with E-state index in [0.717, 1.165) is 43.7 Å². The summed E-state index contributed by atoms with van der Waals surface area (Å²) in [5.41, 5.74) is 5.29. The Balaban J connectivity index is 1.41. The Morgan fingerprint density at radius 2 is 1.96 bits per heavy atom. The molecule has 1 saturated carbocycles. The number of hydrogen-bond acceptors (Lipinski definition) is 3. The van der Waals surface area contributed by atoms with Crippen LogP contribution in [0.1, 0.15) is 35.4 Å². The van der Waals surface area contributed by atoms with Crippen molar-refractivity contribution in [1.82, 2.24) is 14.5 Å². The summed E-state index contributed by atoms with van der Waals surface area (Å²) < 4.78 is 2.30. The van der Waals surface area contributed by atoms with E-state index in [1.807, 2.05) is 19.2 Å². The Kier molecular flexibility index (Phi) is 4.11. The van der Waals surface area contributed by atoms with E-state index in [-0.39, 0.29) is 5.92 Å². The Morgan fingerprint density at radius 1 is 1.14 bits per heavy atom. The highest BCUT2D eigenvalue weighted by atomic mass is 16.3. The molecule has 1 N–H and O–H groups in total. The van der Waals surface area contributed by atoms with E-state index in [9.17, 15) is 5.11 Å². The van der Waals surface area contributed by atoms with Crippen molar-refractivity contribution in [2.24, 2.45) is 18.9 Å². The molecular weight excluding hydrogens is 346 g/mol. The standard InChI is InChI=1S/C24H29N3O/c1-16-8-9-23(25-12-16)24(28)11-10-18-13-27(15-21(18)24)14-20-17(2)26(3)22-7-5-4-6-19(20)22/h4-9,12,18,21,28H,10-11,13-15H2,1-3H3/t18-,21+,24-/m0/s1. The average molecular weight is 376 g/mol. The lowest BCUT2D eigenvalue weighted by atomic mass is 9.85. The van der Waals surface area contributed by atoms with Gasteiger partial charge < -0.3 is 9.67 Å². The van der Waals surface area contributed by atoms with Gasteiger partial charge in [-0.15, -0.1) is 0 Å². The summed E-state index contributed by atoms with van der Waals surface area (Å²) in [5.74, 6) is 0.835. The third-order valence-corrected chi connectivity index (χ3v) is 7.29. The zero-order valence-corrected chi connectivity index (χ0v) is 17.0. The highest BCUT2D eigenvalue weighted by Crippen LogP contribution is 2.50. The number of para-hydroxylation sites is 1. The summed E-state index contributed by atoms with van der Waals surface area (Å²) in [6.45, 7) is 7.24. The SMILES string of the molecule is Cc1ccc([C@]2(O)CC[C@H]3CN(Cc4c(C)n(C)c5ccccc45)C[C@H]32)nc1. The van der Waals surface area contributed by atoms with Crippen molar-refractivity contribution in [1.29, 1.82) is 0 Å². The average Bonchev–Trinajstić information content (AvgIpc) is 3.32. The lowest BCUT2D eigenvalue weighted by molar-refractivity contribution is -0.0108. The molecule has 3 heterocycles. The van der Waals surface area contributed by atoms with Gasteiger partial charge in [0, 0.05) is 55.4 Å². The van der Waals surface area contributed by atoms with Crippen LogP contribution in [0.3, 0.4) is 0 Å². The molecule has 2 aromatic heterocycles. The fraction of sp³-hybridized carbons (Fsp3) is 0.458. The van der Waals surface area contributed by atoms with Crippen LogP contribution in [-0.4, -0.2) is 32.6 Å². The number of nitrogens with zero attached hydrogens (tertiary/aromatic N) is 3. The molecule has 1 aliphatic carbocycles. The number of pyridine rings is 1. The minimum absolute atomic E-state index is 0.276. The van der Waals surface area contributed by atoms with Gasteiger partial charge >= 0.3 is 0 Å². The van der Waals surface area contributed by atoms with Gasteiger partial charge in [0.1, 0.15) is 5.60 Å². The first-order chi connectivity index (χ1) is 13.5. The molecule has 0 unspecified atom stereocenters. The predicted molar refractivity (Wildman–Crippen MR) is 112 cm³/mol. The maximum Gasteiger partial charge on any atom is 0.111 e. The Bertz CT molecular complexity index is 1020. The monoisotopic (exact) mass is 375 g/mol. The number of fused-ring (bicyclic) bond motifs is 2. The topological polar surface area (TPSA) is 41.3 Å². The number of likely N-dealkylation sites (tertiary alicyclic amines) is 1. The van der Waals surface area contributed by atoms with E-state index in [4.69, 9.17) is 0 Å². The van der Waals surface area contributed by atoms with Crippen LogP contribution in [0.2, 0.25) is 0 Å². The molecule has 1 aromatic carbocycles. The first kappa shape index (κ1) is 17.9. The molecular formula is C24H29N3O. The second kappa shape index (κ2) is 6.43. The van der Waals surface area contributed by atoms with Gasteiger partial charge in [0.2, 0.25) is 0 Å². The zero-order chi connectivity index (χ0) is 19.5. The third kappa shape index (κ3) is 2.62. The summed E-state index contributed by atoms with van der Waals surface area (Å²) in [6, 6.07) is 12.8. The molecule has 0 spiro atoms. The molecule has 0 bridgehead atoms. The predicted octanol–water partition coefficient (Wildman–Crippen LogP) is 3.92. The number of aromatic nitrogens is 2. The minimum atomic E-state index is -0.777. The van der Waals surface area contributed by atoms with Crippen LogP contribution in [0, 0.1) is 25.7 Å². The molecule has 4 nitrogen and oxygen atoms in total. The fourth-order valence-electron chi connectivity index (χ4n) is 5.58. The van der Waals surface area contributed by atoms with Gasteiger partial charge in [0.25, 0.3) is 0 Å². The van der Waals surface area contributed by atoms with Gasteiger partial charge in [-0.1, -0.05) is 24.3 Å². The summed E-state index contributed by atoms with van der Waals surface area (Å²) in [7, 11) is 2.15. The van der Waals surface area contributed by atoms with E-state index in [0.29, 0.717) is 5.92 Å².